The first-order chi connectivity index (χ1) is 11.2. The van der Waals surface area contributed by atoms with E-state index in [1.165, 1.54) is 16.9 Å². The number of benzene rings is 1. The quantitative estimate of drug-likeness (QED) is 0.880. The van der Waals surface area contributed by atoms with E-state index in [4.69, 9.17) is 9.57 Å². The number of para-hydroxylation sites is 1. The Balaban J connectivity index is 1.71. The number of nitrogens with one attached hydrogen (secondary N) is 1. The molecule has 1 fully saturated rings. The van der Waals surface area contributed by atoms with Crippen LogP contribution in [0.15, 0.2) is 30.5 Å². The fourth-order valence-corrected chi connectivity index (χ4v) is 2.48. The van der Waals surface area contributed by atoms with Gasteiger partial charge in [-0.25, -0.2) is 19.4 Å². The largest absolute Gasteiger partial charge is 0.350 e. The molecule has 1 aromatic heterocycles. The molecule has 7 heteroatoms. The molecule has 1 aliphatic rings. The van der Waals surface area contributed by atoms with Gasteiger partial charge in [0.2, 0.25) is 0 Å². The van der Waals surface area contributed by atoms with Gasteiger partial charge in [0.15, 0.2) is 6.29 Å². The van der Waals surface area contributed by atoms with Crippen LogP contribution in [0, 0.1) is 12.7 Å². The van der Waals surface area contributed by atoms with E-state index in [0.717, 1.165) is 19.3 Å². The van der Waals surface area contributed by atoms with Crippen molar-refractivity contribution >= 4 is 5.91 Å². The van der Waals surface area contributed by atoms with E-state index < -0.39 is 18.0 Å². The molecule has 1 aliphatic heterocycles. The zero-order chi connectivity index (χ0) is 16.2. The summed E-state index contributed by atoms with van der Waals surface area (Å²) in [4.78, 5) is 17.5. The van der Waals surface area contributed by atoms with Crippen LogP contribution in [0.25, 0.3) is 5.69 Å². The Kier molecular flexibility index (Phi) is 4.68. The van der Waals surface area contributed by atoms with Gasteiger partial charge in [0.25, 0.3) is 5.91 Å². The first kappa shape index (κ1) is 15.6. The van der Waals surface area contributed by atoms with Crippen LogP contribution in [0.5, 0.6) is 0 Å². The van der Waals surface area contributed by atoms with Gasteiger partial charge in [0.05, 0.1) is 17.5 Å². The number of ether oxygens (including phenoxy) is 1. The van der Waals surface area contributed by atoms with Crippen LogP contribution in [-0.2, 0) is 9.57 Å². The molecule has 0 spiro atoms. The van der Waals surface area contributed by atoms with Gasteiger partial charge in [-0.3, -0.25) is 4.79 Å². The van der Waals surface area contributed by atoms with Gasteiger partial charge >= 0.3 is 0 Å². The lowest BCUT2D eigenvalue weighted by atomic mass is 10.2. The van der Waals surface area contributed by atoms with E-state index in [9.17, 15) is 9.18 Å². The summed E-state index contributed by atoms with van der Waals surface area (Å²) in [6, 6.07) is 6.26. The Hall–Kier alpha value is -2.25. The molecule has 6 nitrogen and oxygen atoms in total. The lowest BCUT2D eigenvalue weighted by molar-refractivity contribution is -0.186. The summed E-state index contributed by atoms with van der Waals surface area (Å²) < 4.78 is 20.6. The molecule has 0 aliphatic carbocycles. The number of aromatic nitrogens is 2. The van der Waals surface area contributed by atoms with Gasteiger partial charge in [0.1, 0.15) is 11.5 Å². The van der Waals surface area contributed by atoms with E-state index >= 15 is 0 Å². The van der Waals surface area contributed by atoms with E-state index in [1.54, 1.807) is 25.1 Å². The third-order valence-electron chi connectivity index (χ3n) is 3.76. The van der Waals surface area contributed by atoms with Gasteiger partial charge in [-0.2, -0.15) is 5.10 Å². The van der Waals surface area contributed by atoms with E-state index in [-0.39, 0.29) is 0 Å². The molecule has 0 saturated carbocycles. The number of rotatable bonds is 4. The molecule has 3 rings (SSSR count). The number of hydrogen-bond acceptors (Lipinski definition) is 4. The Morgan fingerprint density at radius 2 is 2.26 bits per heavy atom. The average molecular weight is 319 g/mol. The van der Waals surface area contributed by atoms with Gasteiger partial charge in [-0.15, -0.1) is 0 Å². The molecule has 1 saturated heterocycles. The first-order valence-corrected chi connectivity index (χ1v) is 7.54. The molecule has 23 heavy (non-hydrogen) atoms. The fourth-order valence-electron chi connectivity index (χ4n) is 2.48. The maximum atomic E-state index is 13.9. The molecule has 2 aromatic rings. The highest BCUT2D eigenvalue weighted by atomic mass is 19.1. The summed E-state index contributed by atoms with van der Waals surface area (Å²) >= 11 is 0. The van der Waals surface area contributed by atoms with Crippen molar-refractivity contribution < 1.29 is 18.8 Å². The molecule has 1 unspecified atom stereocenters. The second-order valence-corrected chi connectivity index (χ2v) is 5.35. The van der Waals surface area contributed by atoms with Gasteiger partial charge < -0.3 is 4.74 Å². The van der Waals surface area contributed by atoms with E-state index in [1.807, 2.05) is 0 Å². The van der Waals surface area contributed by atoms with Crippen molar-refractivity contribution in [2.24, 2.45) is 0 Å². The minimum absolute atomic E-state index is 0.292. The molecule has 0 bridgehead atoms. The van der Waals surface area contributed by atoms with Crippen LogP contribution in [-0.4, -0.2) is 28.6 Å². The maximum Gasteiger partial charge on any atom is 0.278 e. The summed E-state index contributed by atoms with van der Waals surface area (Å²) in [7, 11) is 0. The summed E-state index contributed by atoms with van der Waals surface area (Å²) in [6.07, 6.45) is 3.72. The molecule has 1 atom stereocenters. The number of carbonyl (C=O) groups excluding carboxylic acids is 1. The topological polar surface area (TPSA) is 65.4 Å². The SMILES string of the molecule is Cc1c(C(=O)NOC2CCCCO2)cnn1-c1ccccc1F. The smallest absolute Gasteiger partial charge is 0.278 e. The van der Waals surface area contributed by atoms with Crippen molar-refractivity contribution in [1.82, 2.24) is 15.3 Å². The number of carbonyl (C=O) groups is 1. The zero-order valence-electron chi connectivity index (χ0n) is 12.8. The third-order valence-corrected chi connectivity index (χ3v) is 3.76. The van der Waals surface area contributed by atoms with Crippen molar-refractivity contribution in [3.8, 4) is 5.69 Å². The van der Waals surface area contributed by atoms with E-state index in [2.05, 4.69) is 10.6 Å². The Morgan fingerprint density at radius 1 is 1.43 bits per heavy atom. The van der Waals surface area contributed by atoms with Crippen molar-refractivity contribution in [3.63, 3.8) is 0 Å². The molecular weight excluding hydrogens is 301 g/mol. The van der Waals surface area contributed by atoms with Crippen LogP contribution < -0.4 is 5.48 Å². The van der Waals surface area contributed by atoms with Gasteiger partial charge in [-0.1, -0.05) is 12.1 Å². The van der Waals surface area contributed by atoms with Crippen molar-refractivity contribution in [2.75, 3.05) is 6.61 Å². The minimum atomic E-state index is -0.431. The van der Waals surface area contributed by atoms with Crippen molar-refractivity contribution in [1.29, 1.82) is 0 Å². The van der Waals surface area contributed by atoms with Crippen LogP contribution in [0.4, 0.5) is 4.39 Å². The van der Waals surface area contributed by atoms with Crippen LogP contribution in [0.1, 0.15) is 35.3 Å². The Bertz CT molecular complexity index is 696. The van der Waals surface area contributed by atoms with Gasteiger partial charge in [-0.05, 0) is 31.9 Å². The first-order valence-electron chi connectivity index (χ1n) is 7.54. The third kappa shape index (κ3) is 3.40. The number of amides is 1. The molecular formula is C16H18FN3O3. The summed E-state index contributed by atoms with van der Waals surface area (Å²) in [6.45, 7) is 2.33. The normalized spacial score (nSPS) is 17.9. The average Bonchev–Trinajstić information content (AvgIpc) is 2.95. The zero-order valence-corrected chi connectivity index (χ0v) is 12.8. The predicted octanol–water partition coefficient (Wildman–Crippen LogP) is 2.51. The van der Waals surface area contributed by atoms with E-state index in [0.29, 0.717) is 23.6 Å². The van der Waals surface area contributed by atoms with Gasteiger partial charge in [0, 0.05) is 13.0 Å². The lowest BCUT2D eigenvalue weighted by Gasteiger charge is -2.22. The molecule has 1 N–H and O–H groups in total. The number of hydrogen-bond donors (Lipinski definition) is 1. The highest BCUT2D eigenvalue weighted by molar-refractivity contribution is 5.94. The maximum absolute atomic E-state index is 13.9. The molecule has 0 radical (unpaired) electrons. The number of hydroxylamine groups is 1. The summed E-state index contributed by atoms with van der Waals surface area (Å²) in [5.74, 6) is -0.836. The van der Waals surface area contributed by atoms with Crippen LogP contribution in [0.2, 0.25) is 0 Å². The molecule has 1 aromatic carbocycles. The highest BCUT2D eigenvalue weighted by Crippen LogP contribution is 2.17. The number of nitrogens with zero attached hydrogens (tertiary/aromatic N) is 2. The standard InChI is InChI=1S/C16H18FN3O3/c1-11-12(16(21)19-23-15-8-4-5-9-22-15)10-18-20(11)14-7-3-2-6-13(14)17/h2-3,6-7,10,15H,4-5,8-9H2,1H3,(H,19,21). The minimum Gasteiger partial charge on any atom is -0.350 e. The van der Waals surface area contributed by atoms with Crippen molar-refractivity contribution in [2.45, 2.75) is 32.5 Å². The second-order valence-electron chi connectivity index (χ2n) is 5.35. The molecule has 1 amide bonds. The molecule has 122 valence electrons. The Morgan fingerprint density at radius 3 is 3.00 bits per heavy atom. The number of halogens is 1. The Labute approximate surface area is 133 Å². The summed E-state index contributed by atoms with van der Waals surface area (Å²) in [5.41, 5.74) is 3.52. The molecule has 2 heterocycles. The fraction of sp³-hybridized carbons (Fsp3) is 0.375. The summed E-state index contributed by atoms with van der Waals surface area (Å²) in [5, 5.41) is 4.09. The predicted molar refractivity (Wildman–Crippen MR) is 80.4 cm³/mol. The van der Waals surface area contributed by atoms with Crippen LogP contribution in [0.3, 0.4) is 0 Å². The lowest BCUT2D eigenvalue weighted by Crippen LogP contribution is -2.33. The second kappa shape index (κ2) is 6.89. The van der Waals surface area contributed by atoms with Crippen molar-refractivity contribution in [3.05, 3.63) is 47.5 Å². The monoisotopic (exact) mass is 319 g/mol. The highest BCUT2D eigenvalue weighted by Gasteiger charge is 2.20. The van der Waals surface area contributed by atoms with Crippen LogP contribution >= 0.6 is 0 Å².